The molecule has 19 heavy (non-hydrogen) atoms. The second-order valence-corrected chi connectivity index (χ2v) is 5.46. The standard InChI is InChI=1S/C12H11N3O2S2/c1-8(16)7-10-13-12(19-15-10)14-11(17)5-4-9-3-2-6-18-9/h2-6H,7H2,1H3,(H,13,14,15,17)/b5-4+. The van der Waals surface area contributed by atoms with Crippen molar-refractivity contribution in [2.24, 2.45) is 0 Å². The van der Waals surface area contributed by atoms with Crippen LogP contribution in [0.5, 0.6) is 0 Å². The molecule has 0 saturated carbocycles. The molecule has 1 N–H and O–H groups in total. The molecule has 98 valence electrons. The Morgan fingerprint density at radius 3 is 3.00 bits per heavy atom. The molecule has 2 rings (SSSR count). The molecule has 0 aliphatic heterocycles. The number of carbonyl (C=O) groups is 2. The number of amides is 1. The number of ketones is 1. The highest BCUT2D eigenvalue weighted by atomic mass is 32.1. The fraction of sp³-hybridized carbons (Fsp3) is 0.167. The van der Waals surface area contributed by atoms with Crippen LogP contribution in [-0.4, -0.2) is 21.0 Å². The van der Waals surface area contributed by atoms with Gasteiger partial charge in [0.25, 0.3) is 0 Å². The van der Waals surface area contributed by atoms with Crippen LogP contribution in [0.25, 0.3) is 6.08 Å². The number of nitrogens with one attached hydrogen (secondary N) is 1. The summed E-state index contributed by atoms with van der Waals surface area (Å²) in [5.74, 6) is 0.169. The summed E-state index contributed by atoms with van der Waals surface area (Å²) in [5, 5.41) is 4.95. The Morgan fingerprint density at radius 2 is 2.32 bits per heavy atom. The second kappa shape index (κ2) is 6.35. The zero-order chi connectivity index (χ0) is 13.7. The minimum absolute atomic E-state index is 0.00623. The van der Waals surface area contributed by atoms with Crippen molar-refractivity contribution in [1.29, 1.82) is 0 Å². The topological polar surface area (TPSA) is 72.0 Å². The van der Waals surface area contributed by atoms with E-state index in [9.17, 15) is 9.59 Å². The largest absolute Gasteiger partial charge is 0.300 e. The van der Waals surface area contributed by atoms with E-state index in [1.807, 2.05) is 17.5 Å². The number of thiophene rings is 1. The summed E-state index contributed by atoms with van der Waals surface area (Å²) in [7, 11) is 0. The molecule has 2 heterocycles. The van der Waals surface area contributed by atoms with E-state index >= 15 is 0 Å². The van der Waals surface area contributed by atoms with E-state index < -0.39 is 0 Å². The fourth-order valence-electron chi connectivity index (χ4n) is 1.29. The van der Waals surface area contributed by atoms with E-state index in [2.05, 4.69) is 14.7 Å². The number of hydrogen-bond acceptors (Lipinski definition) is 6. The minimum atomic E-state index is -0.265. The lowest BCUT2D eigenvalue weighted by molar-refractivity contribution is -0.116. The molecule has 0 aliphatic rings. The molecule has 0 aromatic carbocycles. The number of nitrogens with zero attached hydrogens (tertiary/aromatic N) is 2. The van der Waals surface area contributed by atoms with E-state index in [1.165, 1.54) is 13.0 Å². The molecule has 0 spiro atoms. The third-order valence-electron chi connectivity index (χ3n) is 2.05. The number of anilines is 1. The summed E-state index contributed by atoms with van der Waals surface area (Å²) in [5.41, 5.74) is 0. The van der Waals surface area contributed by atoms with E-state index in [1.54, 1.807) is 17.4 Å². The maximum atomic E-state index is 11.6. The van der Waals surface area contributed by atoms with Crippen LogP contribution in [0.4, 0.5) is 5.13 Å². The Kier molecular flexibility index (Phi) is 4.53. The van der Waals surface area contributed by atoms with Crippen LogP contribution in [0, 0.1) is 0 Å². The summed E-state index contributed by atoms with van der Waals surface area (Å²) < 4.78 is 3.99. The van der Waals surface area contributed by atoms with Crippen LogP contribution in [0.1, 0.15) is 17.6 Å². The number of rotatable bonds is 5. The normalized spacial score (nSPS) is 10.8. The predicted molar refractivity (Wildman–Crippen MR) is 76.3 cm³/mol. The minimum Gasteiger partial charge on any atom is -0.300 e. The molecule has 0 aliphatic carbocycles. The first-order valence-corrected chi connectivity index (χ1v) is 7.13. The van der Waals surface area contributed by atoms with Crippen LogP contribution in [0.15, 0.2) is 23.6 Å². The van der Waals surface area contributed by atoms with Gasteiger partial charge in [-0.1, -0.05) is 6.07 Å². The fourth-order valence-corrected chi connectivity index (χ4v) is 2.50. The van der Waals surface area contributed by atoms with Gasteiger partial charge in [0.1, 0.15) is 5.78 Å². The van der Waals surface area contributed by atoms with Crippen molar-refractivity contribution >= 4 is 45.8 Å². The van der Waals surface area contributed by atoms with Gasteiger partial charge in [0.2, 0.25) is 11.0 Å². The first-order valence-electron chi connectivity index (χ1n) is 5.48. The summed E-state index contributed by atoms with van der Waals surface area (Å²) in [6, 6.07) is 3.84. The first-order chi connectivity index (χ1) is 9.13. The Labute approximate surface area is 118 Å². The Balaban J connectivity index is 1.91. The molecule has 0 bridgehead atoms. The van der Waals surface area contributed by atoms with Gasteiger partial charge in [-0.05, 0) is 24.4 Å². The summed E-state index contributed by atoms with van der Waals surface area (Å²) in [6.07, 6.45) is 3.37. The SMILES string of the molecule is CC(=O)Cc1nsc(NC(=O)/C=C/c2cccs2)n1. The molecule has 7 heteroatoms. The number of Topliss-reactive ketones (excluding diaryl/α,β-unsaturated/α-hetero) is 1. The van der Waals surface area contributed by atoms with E-state index in [0.29, 0.717) is 11.0 Å². The number of hydrogen-bond donors (Lipinski definition) is 1. The Bertz CT molecular complexity index is 602. The van der Waals surface area contributed by atoms with Gasteiger partial charge in [-0.2, -0.15) is 4.37 Å². The highest BCUT2D eigenvalue weighted by Crippen LogP contribution is 2.13. The lowest BCUT2D eigenvalue weighted by Crippen LogP contribution is -2.07. The molecule has 2 aromatic heterocycles. The van der Waals surface area contributed by atoms with Crippen molar-refractivity contribution < 1.29 is 9.59 Å². The van der Waals surface area contributed by atoms with Gasteiger partial charge >= 0.3 is 0 Å². The average molecular weight is 293 g/mol. The number of aromatic nitrogens is 2. The van der Waals surface area contributed by atoms with Gasteiger partial charge in [-0.15, -0.1) is 11.3 Å². The van der Waals surface area contributed by atoms with Gasteiger partial charge in [-0.25, -0.2) is 4.98 Å². The van der Waals surface area contributed by atoms with E-state index in [4.69, 9.17) is 0 Å². The zero-order valence-electron chi connectivity index (χ0n) is 10.1. The average Bonchev–Trinajstić information content (AvgIpc) is 2.97. The van der Waals surface area contributed by atoms with Crippen LogP contribution in [0.2, 0.25) is 0 Å². The van der Waals surface area contributed by atoms with E-state index in [-0.39, 0.29) is 18.1 Å². The van der Waals surface area contributed by atoms with Crippen LogP contribution in [0.3, 0.4) is 0 Å². The molecule has 0 radical (unpaired) electrons. The highest BCUT2D eigenvalue weighted by Gasteiger charge is 2.07. The molecule has 0 saturated heterocycles. The molecule has 0 unspecified atom stereocenters. The summed E-state index contributed by atoms with van der Waals surface area (Å²) >= 11 is 2.62. The first kappa shape index (κ1) is 13.6. The maximum absolute atomic E-state index is 11.6. The van der Waals surface area contributed by atoms with Gasteiger partial charge in [0.05, 0.1) is 6.42 Å². The second-order valence-electron chi connectivity index (χ2n) is 3.73. The van der Waals surface area contributed by atoms with Crippen LogP contribution >= 0.6 is 22.9 Å². The van der Waals surface area contributed by atoms with Crippen molar-refractivity contribution in [2.45, 2.75) is 13.3 Å². The molecule has 5 nitrogen and oxygen atoms in total. The van der Waals surface area contributed by atoms with Crippen molar-refractivity contribution in [3.05, 3.63) is 34.3 Å². The van der Waals surface area contributed by atoms with Crippen molar-refractivity contribution in [2.75, 3.05) is 5.32 Å². The maximum Gasteiger partial charge on any atom is 0.250 e. The molecular formula is C12H11N3O2S2. The molecule has 0 atom stereocenters. The molecule has 2 aromatic rings. The van der Waals surface area contributed by atoms with Gasteiger partial charge in [0.15, 0.2) is 5.82 Å². The quantitative estimate of drug-likeness (QED) is 0.859. The lowest BCUT2D eigenvalue weighted by Gasteiger charge is -1.93. The summed E-state index contributed by atoms with van der Waals surface area (Å²) in [6.45, 7) is 1.48. The summed E-state index contributed by atoms with van der Waals surface area (Å²) in [4.78, 5) is 27.6. The highest BCUT2D eigenvalue weighted by molar-refractivity contribution is 7.11. The van der Waals surface area contributed by atoms with Gasteiger partial charge < -0.3 is 0 Å². The third kappa shape index (κ3) is 4.38. The Hall–Kier alpha value is -1.86. The van der Waals surface area contributed by atoms with Crippen molar-refractivity contribution in [3.63, 3.8) is 0 Å². The predicted octanol–water partition coefficient (Wildman–Crippen LogP) is 2.38. The Morgan fingerprint density at radius 1 is 1.47 bits per heavy atom. The van der Waals surface area contributed by atoms with Crippen molar-refractivity contribution in [3.8, 4) is 0 Å². The van der Waals surface area contributed by atoms with Crippen LogP contribution < -0.4 is 5.32 Å². The molecular weight excluding hydrogens is 282 g/mol. The van der Waals surface area contributed by atoms with Crippen molar-refractivity contribution in [1.82, 2.24) is 9.36 Å². The monoisotopic (exact) mass is 293 g/mol. The third-order valence-corrected chi connectivity index (χ3v) is 3.55. The molecule has 0 fully saturated rings. The smallest absolute Gasteiger partial charge is 0.250 e. The van der Waals surface area contributed by atoms with Crippen LogP contribution in [-0.2, 0) is 16.0 Å². The van der Waals surface area contributed by atoms with E-state index in [0.717, 1.165) is 16.4 Å². The zero-order valence-corrected chi connectivity index (χ0v) is 11.8. The van der Waals surface area contributed by atoms with Gasteiger partial charge in [-0.3, -0.25) is 14.9 Å². The lowest BCUT2D eigenvalue weighted by atomic mass is 10.3. The molecule has 1 amide bonds. The van der Waals surface area contributed by atoms with Gasteiger partial charge in [0, 0.05) is 22.5 Å². The number of carbonyl (C=O) groups excluding carboxylic acids is 2.